The zero-order chi connectivity index (χ0) is 21.9. The maximum atomic E-state index is 13.1. The lowest BCUT2D eigenvalue weighted by Gasteiger charge is -2.37. The van der Waals surface area contributed by atoms with Crippen LogP contribution in [0.15, 0.2) is 18.2 Å². The van der Waals surface area contributed by atoms with Crippen molar-refractivity contribution < 1.29 is 27.4 Å². The second-order valence-corrected chi connectivity index (χ2v) is 9.49. The van der Waals surface area contributed by atoms with Crippen LogP contribution in [0.3, 0.4) is 0 Å². The van der Waals surface area contributed by atoms with Crippen molar-refractivity contribution in [2.24, 2.45) is 0 Å². The Bertz CT molecular complexity index is 902. The zero-order valence-electron chi connectivity index (χ0n) is 18.0. The van der Waals surface area contributed by atoms with Gasteiger partial charge in [-0.3, -0.25) is 4.79 Å². The number of carbonyl (C=O) groups excluding carboxylic acids is 1. The Kier molecular flexibility index (Phi) is 6.92. The van der Waals surface area contributed by atoms with E-state index in [9.17, 15) is 13.2 Å². The second kappa shape index (κ2) is 9.26. The van der Waals surface area contributed by atoms with Gasteiger partial charge < -0.3 is 19.1 Å². The van der Waals surface area contributed by atoms with Crippen molar-refractivity contribution in [1.29, 1.82) is 0 Å². The molecule has 1 amide bonds. The third kappa shape index (κ3) is 4.57. The molecule has 2 aliphatic rings. The molecule has 1 aromatic rings. The number of hydrogen-bond donors (Lipinski definition) is 0. The van der Waals surface area contributed by atoms with Gasteiger partial charge in [0.05, 0.1) is 33.1 Å². The lowest BCUT2D eigenvalue weighted by molar-refractivity contribution is -0.135. The van der Waals surface area contributed by atoms with Gasteiger partial charge in [0.2, 0.25) is 15.9 Å². The SMILES string of the molecule is COc1cc(OC)c(C2=CCN(C(=O)C3CCCCN3S(C)(=O)=O)CC2)c(OC)c1. The average Bonchev–Trinajstić information content (AvgIpc) is 2.77. The van der Waals surface area contributed by atoms with Gasteiger partial charge in [0.25, 0.3) is 0 Å². The largest absolute Gasteiger partial charge is 0.496 e. The summed E-state index contributed by atoms with van der Waals surface area (Å²) in [5.74, 6) is 1.81. The molecular formula is C21H30N2O6S. The fourth-order valence-electron chi connectivity index (χ4n) is 4.18. The molecule has 0 saturated carbocycles. The number of amides is 1. The molecule has 0 N–H and O–H groups in total. The number of nitrogens with zero attached hydrogens (tertiary/aromatic N) is 2. The van der Waals surface area contributed by atoms with Crippen LogP contribution < -0.4 is 14.2 Å². The highest BCUT2D eigenvalue weighted by molar-refractivity contribution is 7.88. The first-order valence-corrected chi connectivity index (χ1v) is 11.9. The summed E-state index contributed by atoms with van der Waals surface area (Å²) in [5, 5.41) is 0. The molecule has 0 radical (unpaired) electrons. The lowest BCUT2D eigenvalue weighted by Crippen LogP contribution is -2.53. The Morgan fingerprint density at radius 1 is 1.03 bits per heavy atom. The molecule has 1 fully saturated rings. The maximum Gasteiger partial charge on any atom is 0.241 e. The molecule has 0 spiro atoms. The van der Waals surface area contributed by atoms with Crippen molar-refractivity contribution in [2.45, 2.75) is 31.7 Å². The third-order valence-electron chi connectivity index (χ3n) is 5.72. The standard InChI is InChI=1S/C21H30N2O6S/c1-27-16-13-18(28-2)20(19(14-16)29-3)15-8-11-22(12-9-15)21(24)17-7-5-6-10-23(17)30(4,25)26/h8,13-14,17H,5-7,9-12H2,1-4H3. The first-order chi connectivity index (χ1) is 14.3. The van der Waals surface area contributed by atoms with E-state index in [0.717, 1.165) is 24.0 Å². The van der Waals surface area contributed by atoms with Crippen LogP contribution in [0.5, 0.6) is 17.2 Å². The molecule has 2 aliphatic heterocycles. The van der Waals surface area contributed by atoms with Gasteiger partial charge in [-0.05, 0) is 24.8 Å². The van der Waals surface area contributed by atoms with Crippen LogP contribution in [0.2, 0.25) is 0 Å². The van der Waals surface area contributed by atoms with Crippen molar-refractivity contribution in [3.63, 3.8) is 0 Å². The summed E-state index contributed by atoms with van der Waals surface area (Å²) in [6.07, 6.45) is 6.00. The van der Waals surface area contributed by atoms with Crippen molar-refractivity contribution in [3.8, 4) is 17.2 Å². The molecule has 166 valence electrons. The van der Waals surface area contributed by atoms with Crippen LogP contribution in [0.25, 0.3) is 5.57 Å². The summed E-state index contributed by atoms with van der Waals surface area (Å²) < 4.78 is 42.0. The molecule has 1 aromatic carbocycles. The average molecular weight is 439 g/mol. The van der Waals surface area contributed by atoms with E-state index in [0.29, 0.717) is 49.7 Å². The number of sulfonamides is 1. The molecule has 1 unspecified atom stereocenters. The van der Waals surface area contributed by atoms with Gasteiger partial charge in [0.1, 0.15) is 23.3 Å². The summed E-state index contributed by atoms with van der Waals surface area (Å²) in [6.45, 7) is 1.34. The molecular weight excluding hydrogens is 408 g/mol. The Morgan fingerprint density at radius 3 is 2.20 bits per heavy atom. The van der Waals surface area contributed by atoms with E-state index in [1.54, 1.807) is 26.2 Å². The Balaban J connectivity index is 1.82. The van der Waals surface area contributed by atoms with E-state index in [-0.39, 0.29) is 5.91 Å². The van der Waals surface area contributed by atoms with Gasteiger partial charge in [0, 0.05) is 31.8 Å². The van der Waals surface area contributed by atoms with Gasteiger partial charge in [-0.25, -0.2) is 8.42 Å². The molecule has 0 bridgehead atoms. The summed E-state index contributed by atoms with van der Waals surface area (Å²) in [7, 11) is 1.37. The number of carbonyl (C=O) groups is 1. The van der Waals surface area contributed by atoms with E-state index < -0.39 is 16.1 Å². The van der Waals surface area contributed by atoms with Gasteiger partial charge in [-0.1, -0.05) is 12.5 Å². The summed E-state index contributed by atoms with van der Waals surface area (Å²) in [5.41, 5.74) is 1.88. The smallest absolute Gasteiger partial charge is 0.241 e. The molecule has 3 rings (SSSR count). The molecule has 9 heteroatoms. The zero-order valence-corrected chi connectivity index (χ0v) is 18.8. The normalized spacial score (nSPS) is 20.5. The van der Waals surface area contributed by atoms with E-state index in [1.807, 2.05) is 18.2 Å². The van der Waals surface area contributed by atoms with Crippen molar-refractivity contribution >= 4 is 21.5 Å². The number of methoxy groups -OCH3 is 3. The highest BCUT2D eigenvalue weighted by Crippen LogP contribution is 2.41. The molecule has 1 atom stereocenters. The monoisotopic (exact) mass is 438 g/mol. The highest BCUT2D eigenvalue weighted by Gasteiger charge is 2.37. The van der Waals surface area contributed by atoms with Crippen LogP contribution in [-0.2, 0) is 14.8 Å². The highest BCUT2D eigenvalue weighted by atomic mass is 32.2. The first-order valence-electron chi connectivity index (χ1n) is 10.0. The minimum atomic E-state index is -3.41. The van der Waals surface area contributed by atoms with E-state index in [4.69, 9.17) is 14.2 Å². The van der Waals surface area contributed by atoms with Crippen LogP contribution in [-0.4, -0.2) is 76.8 Å². The molecule has 0 aromatic heterocycles. The topological polar surface area (TPSA) is 85.4 Å². The molecule has 30 heavy (non-hydrogen) atoms. The number of piperidine rings is 1. The molecule has 1 saturated heterocycles. The van der Waals surface area contributed by atoms with Crippen molar-refractivity contribution in [3.05, 3.63) is 23.8 Å². The van der Waals surface area contributed by atoms with Crippen LogP contribution in [0.4, 0.5) is 0 Å². The van der Waals surface area contributed by atoms with Crippen molar-refractivity contribution in [2.75, 3.05) is 47.2 Å². The molecule has 8 nitrogen and oxygen atoms in total. The minimum Gasteiger partial charge on any atom is -0.496 e. The predicted octanol–water partition coefficient (Wildman–Crippen LogP) is 2.14. The molecule has 2 heterocycles. The fraction of sp³-hybridized carbons (Fsp3) is 0.571. The van der Waals surface area contributed by atoms with Crippen LogP contribution >= 0.6 is 0 Å². The Hall–Kier alpha value is -2.26. The molecule has 0 aliphatic carbocycles. The van der Waals surface area contributed by atoms with Gasteiger partial charge in [-0.15, -0.1) is 0 Å². The minimum absolute atomic E-state index is 0.121. The van der Waals surface area contributed by atoms with Gasteiger partial charge >= 0.3 is 0 Å². The van der Waals surface area contributed by atoms with Crippen LogP contribution in [0.1, 0.15) is 31.2 Å². The third-order valence-corrected chi connectivity index (χ3v) is 7.01. The second-order valence-electron chi connectivity index (χ2n) is 7.56. The number of ether oxygens (including phenoxy) is 3. The van der Waals surface area contributed by atoms with Gasteiger partial charge in [0.15, 0.2) is 0 Å². The maximum absolute atomic E-state index is 13.1. The Morgan fingerprint density at radius 2 is 1.70 bits per heavy atom. The summed E-state index contributed by atoms with van der Waals surface area (Å²) >= 11 is 0. The summed E-state index contributed by atoms with van der Waals surface area (Å²) in [4.78, 5) is 14.8. The lowest BCUT2D eigenvalue weighted by atomic mass is 9.96. The van der Waals surface area contributed by atoms with E-state index in [1.165, 1.54) is 10.6 Å². The van der Waals surface area contributed by atoms with Gasteiger partial charge in [-0.2, -0.15) is 4.31 Å². The number of benzene rings is 1. The van der Waals surface area contributed by atoms with Crippen LogP contribution in [0, 0.1) is 0 Å². The first kappa shape index (κ1) is 22.4. The van der Waals surface area contributed by atoms with E-state index in [2.05, 4.69) is 0 Å². The Labute approximate surface area is 178 Å². The number of hydrogen-bond acceptors (Lipinski definition) is 6. The van der Waals surface area contributed by atoms with E-state index >= 15 is 0 Å². The predicted molar refractivity (Wildman–Crippen MR) is 114 cm³/mol. The van der Waals surface area contributed by atoms with Crippen molar-refractivity contribution in [1.82, 2.24) is 9.21 Å². The quantitative estimate of drug-likeness (QED) is 0.677. The number of rotatable bonds is 6. The fourth-order valence-corrected chi connectivity index (χ4v) is 5.30. The summed E-state index contributed by atoms with van der Waals surface area (Å²) in [6, 6.07) is 3.01.